The highest BCUT2D eigenvalue weighted by Gasteiger charge is 2.08. The van der Waals surface area contributed by atoms with E-state index in [1.54, 1.807) is 24.3 Å². The van der Waals surface area contributed by atoms with Gasteiger partial charge in [-0.1, -0.05) is 0 Å². The summed E-state index contributed by atoms with van der Waals surface area (Å²) in [5.41, 5.74) is 3.03. The maximum absolute atomic E-state index is 11.7. The summed E-state index contributed by atoms with van der Waals surface area (Å²) < 4.78 is 11.0. The number of hydrogen-bond donors (Lipinski definition) is 0. The summed E-state index contributed by atoms with van der Waals surface area (Å²) in [5.74, 6) is 0.704. The summed E-state index contributed by atoms with van der Waals surface area (Å²) in [6.45, 7) is 4.23. The summed E-state index contributed by atoms with van der Waals surface area (Å²) in [6.07, 6.45) is 0. The molecule has 2 heterocycles. The monoisotopic (exact) mass is 286 g/mol. The third-order valence-corrected chi connectivity index (χ3v) is 4.15. The van der Waals surface area contributed by atoms with Crippen LogP contribution in [0, 0.1) is 13.8 Å². The third kappa shape index (κ3) is 2.34. The molecule has 20 heavy (non-hydrogen) atoms. The molecule has 0 saturated carbocycles. The molecule has 3 aromatic rings. The number of aryl methyl sites for hydroxylation is 1. The Bertz CT molecular complexity index is 800. The van der Waals surface area contributed by atoms with Crippen LogP contribution >= 0.6 is 11.3 Å². The normalized spacial score (nSPS) is 10.9. The van der Waals surface area contributed by atoms with Gasteiger partial charge in [-0.05, 0) is 53.9 Å². The van der Waals surface area contributed by atoms with Crippen LogP contribution in [0.2, 0.25) is 0 Å². The van der Waals surface area contributed by atoms with Crippen molar-refractivity contribution in [3.63, 3.8) is 0 Å². The van der Waals surface area contributed by atoms with E-state index in [0.29, 0.717) is 23.5 Å². The second kappa shape index (κ2) is 5.13. The van der Waals surface area contributed by atoms with Crippen molar-refractivity contribution < 1.29 is 9.15 Å². The lowest BCUT2D eigenvalue weighted by Gasteiger charge is -2.08. The first kappa shape index (κ1) is 12.9. The highest BCUT2D eigenvalue weighted by molar-refractivity contribution is 7.07. The molecule has 0 unspecified atom stereocenters. The molecule has 0 aliphatic rings. The Labute approximate surface area is 120 Å². The maximum atomic E-state index is 11.7. The minimum atomic E-state index is -0.287. The summed E-state index contributed by atoms with van der Waals surface area (Å²) in [4.78, 5) is 11.7. The number of benzene rings is 1. The molecule has 3 nitrogen and oxygen atoms in total. The minimum absolute atomic E-state index is 0.287. The molecule has 0 radical (unpaired) electrons. The number of hydrogen-bond acceptors (Lipinski definition) is 4. The lowest BCUT2D eigenvalue weighted by atomic mass is 10.1. The average molecular weight is 286 g/mol. The minimum Gasteiger partial charge on any atom is -0.489 e. The zero-order valence-corrected chi connectivity index (χ0v) is 12.1. The second-order valence-electron chi connectivity index (χ2n) is 4.72. The van der Waals surface area contributed by atoms with Crippen LogP contribution in [0.15, 0.2) is 44.2 Å². The lowest BCUT2D eigenvalue weighted by molar-refractivity contribution is 0.306. The Balaban J connectivity index is 1.94. The van der Waals surface area contributed by atoms with Gasteiger partial charge in [-0.2, -0.15) is 11.3 Å². The van der Waals surface area contributed by atoms with Gasteiger partial charge in [0, 0.05) is 17.0 Å². The fourth-order valence-electron chi connectivity index (χ4n) is 2.06. The molecule has 1 aromatic carbocycles. The van der Waals surface area contributed by atoms with E-state index in [0.717, 1.165) is 16.5 Å². The van der Waals surface area contributed by atoms with Gasteiger partial charge in [0.25, 0.3) is 0 Å². The van der Waals surface area contributed by atoms with Gasteiger partial charge in [0.2, 0.25) is 0 Å². The smallest absolute Gasteiger partial charge is 0.339 e. The van der Waals surface area contributed by atoms with E-state index in [1.165, 1.54) is 0 Å². The van der Waals surface area contributed by atoms with Gasteiger partial charge >= 0.3 is 5.63 Å². The molecular formula is C16H14O3S. The summed E-state index contributed by atoms with van der Waals surface area (Å²) in [6, 6.07) is 7.64. The Morgan fingerprint density at radius 3 is 2.80 bits per heavy atom. The molecule has 0 fully saturated rings. The van der Waals surface area contributed by atoms with Crippen molar-refractivity contribution in [2.75, 3.05) is 0 Å². The molecule has 0 spiro atoms. The Morgan fingerprint density at radius 2 is 2.05 bits per heavy atom. The van der Waals surface area contributed by atoms with E-state index in [1.807, 2.05) is 30.5 Å². The summed E-state index contributed by atoms with van der Waals surface area (Å²) in [5, 5.41) is 5.02. The van der Waals surface area contributed by atoms with Crippen LogP contribution in [0.1, 0.15) is 16.7 Å². The standard InChI is InChI=1S/C16H14O3S/c1-10-11(2)16(17)19-15-7-13(3-4-14(10)15)18-8-12-5-6-20-9-12/h3-7,9H,8H2,1-2H3. The lowest BCUT2D eigenvalue weighted by Crippen LogP contribution is -2.05. The van der Waals surface area contributed by atoms with Crippen LogP contribution in [0.3, 0.4) is 0 Å². The largest absolute Gasteiger partial charge is 0.489 e. The molecule has 0 amide bonds. The first-order chi connectivity index (χ1) is 9.65. The van der Waals surface area contributed by atoms with Crippen LogP contribution in [-0.2, 0) is 6.61 Å². The SMILES string of the molecule is Cc1c(C)c2ccc(OCc3ccsc3)cc2oc1=O. The van der Waals surface area contributed by atoms with Gasteiger partial charge in [0.1, 0.15) is 17.9 Å². The van der Waals surface area contributed by atoms with Crippen molar-refractivity contribution in [2.24, 2.45) is 0 Å². The number of thiophene rings is 1. The van der Waals surface area contributed by atoms with Gasteiger partial charge in [-0.25, -0.2) is 4.79 Å². The van der Waals surface area contributed by atoms with E-state index in [9.17, 15) is 4.79 Å². The van der Waals surface area contributed by atoms with Gasteiger partial charge in [-0.15, -0.1) is 0 Å². The third-order valence-electron chi connectivity index (χ3n) is 3.41. The van der Waals surface area contributed by atoms with E-state index in [2.05, 4.69) is 5.38 Å². The van der Waals surface area contributed by atoms with Crippen molar-refractivity contribution in [3.05, 3.63) is 62.1 Å². The molecule has 2 aromatic heterocycles. The number of fused-ring (bicyclic) bond motifs is 1. The first-order valence-corrected chi connectivity index (χ1v) is 7.27. The predicted molar refractivity (Wildman–Crippen MR) is 80.6 cm³/mol. The fraction of sp³-hybridized carbons (Fsp3) is 0.188. The molecule has 4 heteroatoms. The van der Waals surface area contributed by atoms with Crippen molar-refractivity contribution >= 4 is 22.3 Å². The zero-order valence-electron chi connectivity index (χ0n) is 11.3. The quantitative estimate of drug-likeness (QED) is 0.682. The summed E-state index contributed by atoms with van der Waals surface area (Å²) in [7, 11) is 0. The maximum Gasteiger partial charge on any atom is 0.339 e. The molecule has 0 saturated heterocycles. The molecule has 0 N–H and O–H groups in total. The van der Waals surface area contributed by atoms with Gasteiger partial charge in [0.15, 0.2) is 0 Å². The van der Waals surface area contributed by atoms with Crippen LogP contribution in [0.25, 0.3) is 11.0 Å². The molecular weight excluding hydrogens is 272 g/mol. The van der Waals surface area contributed by atoms with E-state index in [-0.39, 0.29) is 5.63 Å². The predicted octanol–water partition coefficient (Wildman–Crippen LogP) is 4.05. The molecule has 3 rings (SSSR count). The number of rotatable bonds is 3. The first-order valence-electron chi connectivity index (χ1n) is 6.33. The fourth-order valence-corrected chi connectivity index (χ4v) is 2.71. The summed E-state index contributed by atoms with van der Waals surface area (Å²) >= 11 is 1.64. The van der Waals surface area contributed by atoms with E-state index >= 15 is 0 Å². The van der Waals surface area contributed by atoms with Gasteiger partial charge in [0.05, 0.1) is 0 Å². The average Bonchev–Trinajstić information content (AvgIpc) is 2.96. The van der Waals surface area contributed by atoms with Gasteiger partial charge in [-0.3, -0.25) is 0 Å². The number of ether oxygens (including phenoxy) is 1. The van der Waals surface area contributed by atoms with Crippen molar-refractivity contribution in [1.29, 1.82) is 0 Å². The van der Waals surface area contributed by atoms with Gasteiger partial charge < -0.3 is 9.15 Å². The van der Waals surface area contributed by atoms with E-state index < -0.39 is 0 Å². The topological polar surface area (TPSA) is 39.4 Å². The molecule has 0 atom stereocenters. The van der Waals surface area contributed by atoms with Crippen LogP contribution in [-0.4, -0.2) is 0 Å². The van der Waals surface area contributed by atoms with Crippen molar-refractivity contribution in [3.8, 4) is 5.75 Å². The highest BCUT2D eigenvalue weighted by atomic mass is 32.1. The molecule has 0 aliphatic heterocycles. The van der Waals surface area contributed by atoms with E-state index in [4.69, 9.17) is 9.15 Å². The molecule has 0 bridgehead atoms. The van der Waals surface area contributed by atoms with Crippen LogP contribution in [0.5, 0.6) is 5.75 Å². The molecule has 0 aliphatic carbocycles. The Morgan fingerprint density at radius 1 is 1.20 bits per heavy atom. The van der Waals surface area contributed by atoms with Crippen LogP contribution < -0.4 is 10.4 Å². The van der Waals surface area contributed by atoms with Crippen molar-refractivity contribution in [1.82, 2.24) is 0 Å². The Kier molecular flexibility index (Phi) is 3.32. The Hall–Kier alpha value is -2.07. The molecule has 102 valence electrons. The van der Waals surface area contributed by atoms with Crippen molar-refractivity contribution in [2.45, 2.75) is 20.5 Å². The second-order valence-corrected chi connectivity index (χ2v) is 5.50. The van der Waals surface area contributed by atoms with Crippen LogP contribution in [0.4, 0.5) is 0 Å². The highest BCUT2D eigenvalue weighted by Crippen LogP contribution is 2.24. The zero-order chi connectivity index (χ0) is 14.1.